The molecule has 0 radical (unpaired) electrons. The Morgan fingerprint density at radius 2 is 2.00 bits per heavy atom. The fourth-order valence-electron chi connectivity index (χ4n) is 1.71. The molecule has 1 aromatic carbocycles. The second-order valence-corrected chi connectivity index (χ2v) is 5.91. The number of halogens is 2. The first-order chi connectivity index (χ1) is 9.19. The number of nitrogens with one attached hydrogen (secondary N) is 1. The van der Waals surface area contributed by atoms with Gasteiger partial charge in [0, 0.05) is 39.0 Å². The average molecular weight is 386 g/mol. The van der Waals surface area contributed by atoms with E-state index in [2.05, 4.69) is 48.2 Å². The minimum atomic E-state index is 0.505. The van der Waals surface area contributed by atoms with Gasteiger partial charge in [0.05, 0.1) is 0 Å². The standard InChI is InChI=1S/C14H14Br2N2O/c1-17-7-11-5-12(15)2-3-14(11)19-9-10-4-13(16)8-18-6-10/h2-6,8,17H,7,9H2,1H3. The van der Waals surface area contributed by atoms with Gasteiger partial charge in [0.25, 0.3) is 0 Å². The second-order valence-electron chi connectivity index (χ2n) is 4.08. The lowest BCUT2D eigenvalue weighted by Crippen LogP contribution is -2.07. The maximum Gasteiger partial charge on any atom is 0.124 e. The molecule has 0 aliphatic carbocycles. The third-order valence-electron chi connectivity index (χ3n) is 2.55. The first-order valence-corrected chi connectivity index (χ1v) is 7.43. The normalized spacial score (nSPS) is 10.5. The van der Waals surface area contributed by atoms with Crippen molar-refractivity contribution < 1.29 is 4.74 Å². The molecule has 0 unspecified atom stereocenters. The van der Waals surface area contributed by atoms with Gasteiger partial charge in [-0.15, -0.1) is 0 Å². The number of nitrogens with zero attached hydrogens (tertiary/aromatic N) is 1. The van der Waals surface area contributed by atoms with E-state index in [1.165, 1.54) is 0 Å². The van der Waals surface area contributed by atoms with Crippen LogP contribution in [-0.4, -0.2) is 12.0 Å². The summed E-state index contributed by atoms with van der Waals surface area (Å²) in [6.07, 6.45) is 3.57. The highest BCUT2D eigenvalue weighted by Gasteiger charge is 2.05. The lowest BCUT2D eigenvalue weighted by Gasteiger charge is -2.12. The van der Waals surface area contributed by atoms with E-state index in [9.17, 15) is 0 Å². The summed E-state index contributed by atoms with van der Waals surface area (Å²) < 4.78 is 7.87. The van der Waals surface area contributed by atoms with E-state index in [0.29, 0.717) is 6.61 Å². The summed E-state index contributed by atoms with van der Waals surface area (Å²) in [6, 6.07) is 8.02. The van der Waals surface area contributed by atoms with Crippen LogP contribution in [0.5, 0.6) is 5.75 Å². The summed E-state index contributed by atoms with van der Waals surface area (Å²) in [6.45, 7) is 1.27. The Morgan fingerprint density at radius 3 is 2.74 bits per heavy atom. The first-order valence-electron chi connectivity index (χ1n) is 5.84. The Balaban J connectivity index is 2.10. The van der Waals surface area contributed by atoms with Crippen LogP contribution in [0.1, 0.15) is 11.1 Å². The average Bonchev–Trinajstić information content (AvgIpc) is 2.38. The summed E-state index contributed by atoms with van der Waals surface area (Å²) in [4.78, 5) is 4.12. The lowest BCUT2D eigenvalue weighted by atomic mass is 10.2. The molecule has 100 valence electrons. The molecule has 0 amide bonds. The van der Waals surface area contributed by atoms with E-state index in [0.717, 1.165) is 32.4 Å². The lowest BCUT2D eigenvalue weighted by molar-refractivity contribution is 0.302. The van der Waals surface area contributed by atoms with Crippen LogP contribution in [0.15, 0.2) is 45.6 Å². The predicted molar refractivity (Wildman–Crippen MR) is 83.2 cm³/mol. The SMILES string of the molecule is CNCc1cc(Br)ccc1OCc1cncc(Br)c1. The Labute approximate surface area is 129 Å². The predicted octanol–water partition coefficient (Wildman–Crippen LogP) is 3.91. The van der Waals surface area contributed by atoms with Crippen molar-refractivity contribution in [2.75, 3.05) is 7.05 Å². The smallest absolute Gasteiger partial charge is 0.124 e. The number of benzene rings is 1. The van der Waals surface area contributed by atoms with Gasteiger partial charge in [0.15, 0.2) is 0 Å². The van der Waals surface area contributed by atoms with Gasteiger partial charge in [-0.1, -0.05) is 15.9 Å². The minimum Gasteiger partial charge on any atom is -0.489 e. The molecule has 0 aliphatic heterocycles. The third kappa shape index (κ3) is 4.30. The molecule has 1 N–H and O–H groups in total. The topological polar surface area (TPSA) is 34.1 Å². The molecule has 0 saturated carbocycles. The van der Waals surface area contributed by atoms with Crippen LogP contribution in [0.25, 0.3) is 0 Å². The van der Waals surface area contributed by atoms with Crippen LogP contribution in [0, 0.1) is 0 Å². The van der Waals surface area contributed by atoms with Crippen LogP contribution < -0.4 is 10.1 Å². The van der Waals surface area contributed by atoms with Gasteiger partial charge in [0.2, 0.25) is 0 Å². The molecule has 1 aromatic heterocycles. The van der Waals surface area contributed by atoms with E-state index in [1.807, 2.05) is 25.2 Å². The zero-order valence-electron chi connectivity index (χ0n) is 10.5. The number of ether oxygens (including phenoxy) is 1. The molecule has 0 saturated heterocycles. The summed E-state index contributed by atoms with van der Waals surface area (Å²) in [5.74, 6) is 0.887. The Bertz CT molecular complexity index is 561. The molecular weight excluding hydrogens is 372 g/mol. The number of aromatic nitrogens is 1. The van der Waals surface area contributed by atoms with Crippen molar-refractivity contribution in [2.24, 2.45) is 0 Å². The van der Waals surface area contributed by atoms with Gasteiger partial charge in [-0.05, 0) is 47.2 Å². The van der Waals surface area contributed by atoms with Crippen LogP contribution >= 0.6 is 31.9 Å². The Hall–Kier alpha value is -0.910. The maximum atomic E-state index is 5.86. The highest BCUT2D eigenvalue weighted by atomic mass is 79.9. The molecular formula is C14H14Br2N2O. The van der Waals surface area contributed by atoms with Crippen molar-refractivity contribution in [1.29, 1.82) is 0 Å². The van der Waals surface area contributed by atoms with Gasteiger partial charge in [-0.2, -0.15) is 0 Å². The fourth-order valence-corrected chi connectivity index (χ4v) is 2.53. The van der Waals surface area contributed by atoms with Gasteiger partial charge >= 0.3 is 0 Å². The van der Waals surface area contributed by atoms with E-state index < -0.39 is 0 Å². The molecule has 3 nitrogen and oxygen atoms in total. The van der Waals surface area contributed by atoms with E-state index in [1.54, 1.807) is 12.4 Å². The zero-order valence-corrected chi connectivity index (χ0v) is 13.7. The van der Waals surface area contributed by atoms with Crippen molar-refractivity contribution in [3.8, 4) is 5.75 Å². The Kier molecular flexibility index (Phi) is 5.36. The largest absolute Gasteiger partial charge is 0.489 e. The van der Waals surface area contributed by atoms with Crippen LogP contribution in [0.3, 0.4) is 0 Å². The van der Waals surface area contributed by atoms with Gasteiger partial charge in [-0.3, -0.25) is 4.98 Å². The second kappa shape index (κ2) is 7.03. The third-order valence-corrected chi connectivity index (χ3v) is 3.47. The molecule has 0 spiro atoms. The summed E-state index contributed by atoms with van der Waals surface area (Å²) in [7, 11) is 1.92. The highest BCUT2D eigenvalue weighted by Crippen LogP contribution is 2.24. The van der Waals surface area contributed by atoms with Crippen molar-refractivity contribution >= 4 is 31.9 Å². The first kappa shape index (κ1) is 14.5. The molecule has 2 aromatic rings. The molecule has 0 atom stereocenters. The summed E-state index contributed by atoms with van der Waals surface area (Å²) in [5, 5.41) is 3.14. The molecule has 1 heterocycles. The molecule has 0 fully saturated rings. The molecule has 0 bridgehead atoms. The van der Waals surface area contributed by atoms with E-state index in [4.69, 9.17) is 4.74 Å². The van der Waals surface area contributed by atoms with Crippen molar-refractivity contribution in [1.82, 2.24) is 10.3 Å². The number of hydrogen-bond acceptors (Lipinski definition) is 3. The summed E-state index contributed by atoms with van der Waals surface area (Å²) >= 11 is 6.88. The number of hydrogen-bond donors (Lipinski definition) is 1. The van der Waals surface area contributed by atoms with Crippen LogP contribution in [-0.2, 0) is 13.2 Å². The van der Waals surface area contributed by atoms with Crippen molar-refractivity contribution in [3.05, 3.63) is 56.7 Å². The maximum absolute atomic E-state index is 5.86. The zero-order chi connectivity index (χ0) is 13.7. The minimum absolute atomic E-state index is 0.505. The Morgan fingerprint density at radius 1 is 1.16 bits per heavy atom. The molecule has 0 aliphatic rings. The molecule has 2 rings (SSSR count). The molecule has 19 heavy (non-hydrogen) atoms. The van der Waals surface area contributed by atoms with Gasteiger partial charge in [-0.25, -0.2) is 0 Å². The highest BCUT2D eigenvalue weighted by molar-refractivity contribution is 9.10. The molecule has 5 heteroatoms. The van der Waals surface area contributed by atoms with Crippen LogP contribution in [0.2, 0.25) is 0 Å². The number of pyridine rings is 1. The van der Waals surface area contributed by atoms with Crippen molar-refractivity contribution in [2.45, 2.75) is 13.2 Å². The summed E-state index contributed by atoms with van der Waals surface area (Å²) in [5.41, 5.74) is 2.16. The van der Waals surface area contributed by atoms with Crippen LogP contribution in [0.4, 0.5) is 0 Å². The monoisotopic (exact) mass is 384 g/mol. The van der Waals surface area contributed by atoms with E-state index in [-0.39, 0.29) is 0 Å². The number of rotatable bonds is 5. The quantitative estimate of drug-likeness (QED) is 0.847. The van der Waals surface area contributed by atoms with E-state index >= 15 is 0 Å². The van der Waals surface area contributed by atoms with Crippen molar-refractivity contribution in [3.63, 3.8) is 0 Å². The van der Waals surface area contributed by atoms with Gasteiger partial charge in [0.1, 0.15) is 12.4 Å². The van der Waals surface area contributed by atoms with Gasteiger partial charge < -0.3 is 10.1 Å². The fraction of sp³-hybridized carbons (Fsp3) is 0.214.